The van der Waals surface area contributed by atoms with Crippen LogP contribution < -0.4 is 5.73 Å². The first-order valence-corrected chi connectivity index (χ1v) is 6.79. The van der Waals surface area contributed by atoms with Gasteiger partial charge in [-0.05, 0) is 37.5 Å². The van der Waals surface area contributed by atoms with E-state index in [1.807, 2.05) is 0 Å². The first-order valence-electron chi connectivity index (χ1n) is 6.79. The summed E-state index contributed by atoms with van der Waals surface area (Å²) in [5, 5.41) is 0. The highest BCUT2D eigenvalue weighted by Gasteiger charge is 2.36. The summed E-state index contributed by atoms with van der Waals surface area (Å²) < 4.78 is 0. The van der Waals surface area contributed by atoms with E-state index in [-0.39, 0.29) is 24.0 Å². The van der Waals surface area contributed by atoms with Gasteiger partial charge in [0.15, 0.2) is 5.96 Å². The fourth-order valence-electron chi connectivity index (χ4n) is 2.56. The molecule has 1 aliphatic carbocycles. The number of piperidine rings is 1. The van der Waals surface area contributed by atoms with Gasteiger partial charge in [-0.2, -0.15) is 0 Å². The van der Waals surface area contributed by atoms with E-state index in [9.17, 15) is 0 Å². The molecule has 1 heterocycles. The molecule has 2 rings (SSSR count). The summed E-state index contributed by atoms with van der Waals surface area (Å²) in [6, 6.07) is 0.541. The summed E-state index contributed by atoms with van der Waals surface area (Å²) in [5.41, 5.74) is 6.07. The Bertz CT molecular complexity index is 259. The Labute approximate surface area is 122 Å². The van der Waals surface area contributed by atoms with Crippen molar-refractivity contribution in [3.8, 4) is 0 Å². The van der Waals surface area contributed by atoms with Crippen LogP contribution in [0.3, 0.4) is 0 Å². The molecule has 0 bridgehead atoms. The van der Waals surface area contributed by atoms with Crippen LogP contribution in [0.25, 0.3) is 0 Å². The number of nitrogens with zero attached hydrogens (tertiary/aromatic N) is 2. The molecule has 0 aromatic carbocycles. The molecule has 2 aliphatic rings. The van der Waals surface area contributed by atoms with Crippen LogP contribution >= 0.6 is 24.0 Å². The van der Waals surface area contributed by atoms with Crippen molar-refractivity contribution in [1.82, 2.24) is 4.90 Å². The van der Waals surface area contributed by atoms with Gasteiger partial charge in [0, 0.05) is 13.1 Å². The molecule has 0 spiro atoms. The number of halogens is 1. The van der Waals surface area contributed by atoms with Crippen LogP contribution in [-0.2, 0) is 0 Å². The highest BCUT2D eigenvalue weighted by atomic mass is 127. The molecule has 2 N–H and O–H groups in total. The van der Waals surface area contributed by atoms with Crippen molar-refractivity contribution in [2.75, 3.05) is 13.1 Å². The quantitative estimate of drug-likeness (QED) is 0.483. The summed E-state index contributed by atoms with van der Waals surface area (Å²) in [5.74, 6) is 2.49. The fraction of sp³-hybridized carbons (Fsp3) is 0.923. The molecule has 4 heteroatoms. The van der Waals surface area contributed by atoms with Gasteiger partial charge in [-0.15, -0.1) is 24.0 Å². The molecule has 3 nitrogen and oxygen atoms in total. The first kappa shape index (κ1) is 15.1. The highest BCUT2D eigenvalue weighted by molar-refractivity contribution is 14.0. The minimum atomic E-state index is 0. The Balaban J connectivity index is 0.00000144. The van der Waals surface area contributed by atoms with Gasteiger partial charge in [-0.1, -0.05) is 20.3 Å². The van der Waals surface area contributed by atoms with E-state index >= 15 is 0 Å². The van der Waals surface area contributed by atoms with Crippen LogP contribution in [0, 0.1) is 11.8 Å². The number of hydrogen-bond donors (Lipinski definition) is 1. The maximum Gasteiger partial charge on any atom is 0.191 e. The monoisotopic (exact) mass is 351 g/mol. The molecular weight excluding hydrogens is 325 g/mol. The third-order valence-electron chi connectivity index (χ3n) is 3.95. The third kappa shape index (κ3) is 4.30. The zero-order chi connectivity index (χ0) is 11.5. The van der Waals surface area contributed by atoms with Gasteiger partial charge in [-0.3, -0.25) is 0 Å². The number of nitrogens with two attached hydrogens (primary N) is 1. The average Bonchev–Trinajstić information content (AvgIpc) is 2.98. The Morgan fingerprint density at radius 2 is 2.00 bits per heavy atom. The molecule has 1 saturated carbocycles. The van der Waals surface area contributed by atoms with Crippen molar-refractivity contribution in [2.24, 2.45) is 22.6 Å². The van der Waals surface area contributed by atoms with E-state index in [1.165, 1.54) is 32.1 Å². The van der Waals surface area contributed by atoms with Gasteiger partial charge in [-0.25, -0.2) is 4.99 Å². The predicted octanol–water partition coefficient (Wildman–Crippen LogP) is 2.84. The van der Waals surface area contributed by atoms with E-state index < -0.39 is 0 Å². The summed E-state index contributed by atoms with van der Waals surface area (Å²) in [7, 11) is 0. The van der Waals surface area contributed by atoms with Crippen molar-refractivity contribution in [2.45, 2.75) is 52.0 Å². The molecule has 1 saturated heterocycles. The van der Waals surface area contributed by atoms with Crippen LogP contribution in [0.2, 0.25) is 0 Å². The molecule has 0 aromatic heterocycles. The summed E-state index contributed by atoms with van der Waals surface area (Å²) in [4.78, 5) is 6.92. The van der Waals surface area contributed by atoms with Crippen molar-refractivity contribution in [3.05, 3.63) is 0 Å². The molecule has 0 aromatic rings. The molecule has 2 unspecified atom stereocenters. The molecule has 1 aliphatic heterocycles. The maximum absolute atomic E-state index is 6.07. The van der Waals surface area contributed by atoms with Gasteiger partial charge in [0.1, 0.15) is 0 Å². The minimum Gasteiger partial charge on any atom is -0.370 e. The lowest BCUT2D eigenvalue weighted by Gasteiger charge is -2.31. The lowest BCUT2D eigenvalue weighted by atomic mass is 10.00. The molecule has 2 fully saturated rings. The number of guanidine groups is 1. The topological polar surface area (TPSA) is 41.6 Å². The SMILES string of the molecule is CCCC1CC1N=C(N)N1CCC(C)CC1.I. The van der Waals surface area contributed by atoms with Crippen LogP contribution in [-0.4, -0.2) is 30.0 Å². The second kappa shape index (κ2) is 6.81. The Hall–Kier alpha value is 0. The normalized spacial score (nSPS) is 30.0. The number of rotatable bonds is 3. The van der Waals surface area contributed by atoms with E-state index in [1.54, 1.807) is 0 Å². The van der Waals surface area contributed by atoms with Gasteiger partial charge in [0.2, 0.25) is 0 Å². The largest absolute Gasteiger partial charge is 0.370 e. The van der Waals surface area contributed by atoms with Crippen molar-refractivity contribution < 1.29 is 0 Å². The molecule has 0 radical (unpaired) electrons. The molecule has 0 amide bonds. The molecule has 100 valence electrons. The first-order chi connectivity index (χ1) is 7.70. The minimum absolute atomic E-state index is 0. The Morgan fingerprint density at radius 3 is 2.59 bits per heavy atom. The van der Waals surface area contributed by atoms with Crippen LogP contribution in [0.5, 0.6) is 0 Å². The van der Waals surface area contributed by atoms with Gasteiger partial charge >= 0.3 is 0 Å². The highest BCUT2D eigenvalue weighted by Crippen LogP contribution is 2.37. The average molecular weight is 351 g/mol. The predicted molar refractivity (Wildman–Crippen MR) is 83.8 cm³/mol. The summed E-state index contributed by atoms with van der Waals surface area (Å²) in [6.45, 7) is 6.76. The number of likely N-dealkylation sites (tertiary alicyclic amines) is 1. The van der Waals surface area contributed by atoms with E-state index in [4.69, 9.17) is 5.73 Å². The van der Waals surface area contributed by atoms with E-state index in [0.717, 1.165) is 30.9 Å². The Morgan fingerprint density at radius 1 is 1.35 bits per heavy atom. The number of hydrogen-bond acceptors (Lipinski definition) is 1. The van der Waals surface area contributed by atoms with Gasteiger partial charge < -0.3 is 10.6 Å². The van der Waals surface area contributed by atoms with Gasteiger partial charge in [0.05, 0.1) is 6.04 Å². The number of aliphatic imine (C=N–C) groups is 1. The van der Waals surface area contributed by atoms with Gasteiger partial charge in [0.25, 0.3) is 0 Å². The van der Waals surface area contributed by atoms with Crippen molar-refractivity contribution in [1.29, 1.82) is 0 Å². The summed E-state index contributed by atoms with van der Waals surface area (Å²) >= 11 is 0. The fourth-order valence-corrected chi connectivity index (χ4v) is 2.56. The zero-order valence-electron chi connectivity index (χ0n) is 11.1. The maximum atomic E-state index is 6.07. The Kier molecular flexibility index (Phi) is 6.03. The van der Waals surface area contributed by atoms with Crippen molar-refractivity contribution >= 4 is 29.9 Å². The van der Waals surface area contributed by atoms with E-state index in [2.05, 4.69) is 23.7 Å². The smallest absolute Gasteiger partial charge is 0.191 e. The van der Waals surface area contributed by atoms with E-state index in [0.29, 0.717) is 6.04 Å². The molecule has 17 heavy (non-hydrogen) atoms. The zero-order valence-corrected chi connectivity index (χ0v) is 13.4. The summed E-state index contributed by atoms with van der Waals surface area (Å²) in [6.07, 6.45) is 6.38. The molecule has 2 atom stereocenters. The lowest BCUT2D eigenvalue weighted by Crippen LogP contribution is -2.42. The van der Waals surface area contributed by atoms with Crippen molar-refractivity contribution in [3.63, 3.8) is 0 Å². The standard InChI is InChI=1S/C13H25N3.HI/c1-3-4-11-9-12(11)15-13(14)16-7-5-10(2)6-8-16;/h10-12H,3-9H2,1-2H3,(H2,14,15);1H. The van der Waals surface area contributed by atoms with Crippen LogP contribution in [0.15, 0.2) is 4.99 Å². The third-order valence-corrected chi connectivity index (χ3v) is 3.95. The molecular formula is C13H26IN3. The second-order valence-electron chi connectivity index (χ2n) is 5.51. The van der Waals surface area contributed by atoms with Crippen LogP contribution in [0.1, 0.15) is 46.0 Å². The lowest BCUT2D eigenvalue weighted by molar-refractivity contribution is 0.277. The van der Waals surface area contributed by atoms with Crippen LogP contribution in [0.4, 0.5) is 0 Å². The second-order valence-corrected chi connectivity index (χ2v) is 5.51.